The van der Waals surface area contributed by atoms with E-state index in [2.05, 4.69) is 37.5 Å². The molecule has 0 radical (unpaired) electrons. The van der Waals surface area contributed by atoms with E-state index >= 15 is 0 Å². The molecule has 1 saturated heterocycles. The van der Waals surface area contributed by atoms with Crippen molar-refractivity contribution in [3.8, 4) is 0 Å². The number of hydrogen-bond donors (Lipinski definition) is 2. The number of rotatable bonds is 4. The molecule has 2 N–H and O–H groups in total. The zero-order chi connectivity index (χ0) is 14.8. The molecule has 1 aromatic heterocycles. The van der Waals surface area contributed by atoms with Gasteiger partial charge in [-0.3, -0.25) is 9.59 Å². The van der Waals surface area contributed by atoms with Gasteiger partial charge >= 0.3 is 0 Å². The predicted octanol–water partition coefficient (Wildman–Crippen LogP) is 1.82. The van der Waals surface area contributed by atoms with Crippen LogP contribution in [0.3, 0.4) is 0 Å². The third-order valence-electron chi connectivity index (χ3n) is 3.83. The zero-order valence-corrected chi connectivity index (χ0v) is 13.0. The van der Waals surface area contributed by atoms with Crippen LogP contribution < -0.4 is 10.6 Å². The van der Waals surface area contributed by atoms with E-state index in [9.17, 15) is 9.59 Å². The Morgan fingerprint density at radius 2 is 2.25 bits per heavy atom. The lowest BCUT2D eigenvalue weighted by Crippen LogP contribution is -2.41. The van der Waals surface area contributed by atoms with Crippen molar-refractivity contribution >= 4 is 23.2 Å². The van der Waals surface area contributed by atoms with E-state index in [1.165, 1.54) is 4.88 Å². The molecule has 1 fully saturated rings. The highest BCUT2D eigenvalue weighted by molar-refractivity contribution is 7.09. The molecule has 20 heavy (non-hydrogen) atoms. The molecule has 0 spiro atoms. The van der Waals surface area contributed by atoms with Gasteiger partial charge in [0.2, 0.25) is 11.8 Å². The first-order valence-electron chi connectivity index (χ1n) is 6.97. The summed E-state index contributed by atoms with van der Waals surface area (Å²) in [5.41, 5.74) is -0.0606. The minimum absolute atomic E-state index is 0.0525. The first-order valence-corrected chi connectivity index (χ1v) is 7.85. The summed E-state index contributed by atoms with van der Waals surface area (Å²) >= 11 is 1.68. The molecule has 0 bridgehead atoms. The zero-order valence-electron chi connectivity index (χ0n) is 12.2. The number of thiophene rings is 1. The second-order valence-corrected chi connectivity index (χ2v) is 7.35. The second-order valence-electron chi connectivity index (χ2n) is 6.32. The maximum absolute atomic E-state index is 12.3. The summed E-state index contributed by atoms with van der Waals surface area (Å²) in [4.78, 5) is 25.4. The standard InChI is InChI=1S/C15H22N2O2S/c1-15(2,3)11-9-17-14(19)12(11)13(18)16-7-6-10-5-4-8-20-10/h4-5,8,11-12H,6-7,9H2,1-3H3,(H,16,18)(H,17,19)/t11-,12-/m0/s1. The van der Waals surface area contributed by atoms with Crippen LogP contribution in [0.5, 0.6) is 0 Å². The maximum Gasteiger partial charge on any atom is 0.232 e. The number of carbonyl (C=O) groups is 2. The van der Waals surface area contributed by atoms with Crippen molar-refractivity contribution in [1.29, 1.82) is 0 Å². The molecule has 2 rings (SSSR count). The second kappa shape index (κ2) is 5.95. The molecule has 0 saturated carbocycles. The summed E-state index contributed by atoms with van der Waals surface area (Å²) in [5, 5.41) is 7.74. The summed E-state index contributed by atoms with van der Waals surface area (Å²) in [6, 6.07) is 4.05. The average Bonchev–Trinajstić information content (AvgIpc) is 2.97. The monoisotopic (exact) mass is 294 g/mol. The molecule has 5 heteroatoms. The van der Waals surface area contributed by atoms with Gasteiger partial charge in [0, 0.05) is 23.9 Å². The molecule has 0 aliphatic carbocycles. The minimum Gasteiger partial charge on any atom is -0.355 e. The Balaban J connectivity index is 1.91. The summed E-state index contributed by atoms with van der Waals surface area (Å²) < 4.78 is 0. The molecule has 1 aliphatic heterocycles. The Morgan fingerprint density at radius 1 is 1.50 bits per heavy atom. The Morgan fingerprint density at radius 3 is 2.85 bits per heavy atom. The molecule has 2 atom stereocenters. The smallest absolute Gasteiger partial charge is 0.232 e. The normalized spacial score (nSPS) is 22.6. The van der Waals surface area contributed by atoms with Crippen molar-refractivity contribution in [2.45, 2.75) is 27.2 Å². The number of amides is 2. The van der Waals surface area contributed by atoms with Crippen molar-refractivity contribution in [2.75, 3.05) is 13.1 Å². The largest absolute Gasteiger partial charge is 0.355 e. The van der Waals surface area contributed by atoms with Gasteiger partial charge < -0.3 is 10.6 Å². The molecule has 110 valence electrons. The fourth-order valence-corrected chi connectivity index (χ4v) is 3.31. The van der Waals surface area contributed by atoms with Crippen molar-refractivity contribution in [2.24, 2.45) is 17.3 Å². The van der Waals surface area contributed by atoms with Crippen LogP contribution in [-0.4, -0.2) is 24.9 Å². The van der Waals surface area contributed by atoms with Crippen molar-refractivity contribution in [3.63, 3.8) is 0 Å². The summed E-state index contributed by atoms with van der Waals surface area (Å²) in [6.07, 6.45) is 0.817. The predicted molar refractivity (Wildman–Crippen MR) is 80.5 cm³/mol. The van der Waals surface area contributed by atoms with Crippen molar-refractivity contribution in [1.82, 2.24) is 10.6 Å². The molecule has 4 nitrogen and oxygen atoms in total. The van der Waals surface area contributed by atoms with Crippen LogP contribution in [0.1, 0.15) is 25.6 Å². The summed E-state index contributed by atoms with van der Waals surface area (Å²) in [6.45, 7) is 7.39. The van der Waals surface area contributed by atoms with E-state index in [1.54, 1.807) is 11.3 Å². The lowest BCUT2D eigenvalue weighted by Gasteiger charge is -2.29. The average molecular weight is 294 g/mol. The third-order valence-corrected chi connectivity index (χ3v) is 4.76. The molecule has 1 aliphatic rings. The molecule has 0 unspecified atom stereocenters. The summed E-state index contributed by atoms with van der Waals surface area (Å²) in [5.74, 6) is -0.787. The fourth-order valence-electron chi connectivity index (χ4n) is 2.60. The van der Waals surface area contributed by atoms with Gasteiger partial charge in [-0.2, -0.15) is 0 Å². The molecular formula is C15H22N2O2S. The Bertz CT molecular complexity index is 477. The van der Waals surface area contributed by atoms with Crippen molar-refractivity contribution < 1.29 is 9.59 Å². The highest BCUT2D eigenvalue weighted by atomic mass is 32.1. The first kappa shape index (κ1) is 15.0. The summed E-state index contributed by atoms with van der Waals surface area (Å²) in [7, 11) is 0. The van der Waals surface area contributed by atoms with E-state index in [1.807, 2.05) is 11.4 Å². The van der Waals surface area contributed by atoms with Crippen LogP contribution in [0.2, 0.25) is 0 Å². The van der Waals surface area contributed by atoms with E-state index in [4.69, 9.17) is 0 Å². The van der Waals surface area contributed by atoms with Gasteiger partial charge in [0.05, 0.1) is 0 Å². The lowest BCUT2D eigenvalue weighted by atomic mass is 9.74. The van der Waals surface area contributed by atoms with Gasteiger partial charge in [-0.05, 0) is 23.3 Å². The van der Waals surface area contributed by atoms with Crippen LogP contribution in [0, 0.1) is 17.3 Å². The van der Waals surface area contributed by atoms with Gasteiger partial charge in [0.15, 0.2) is 0 Å². The third kappa shape index (κ3) is 3.39. The molecule has 2 heterocycles. The van der Waals surface area contributed by atoms with Crippen LogP contribution in [0.25, 0.3) is 0 Å². The van der Waals surface area contributed by atoms with E-state index < -0.39 is 5.92 Å². The molecule has 0 aromatic carbocycles. The van der Waals surface area contributed by atoms with E-state index in [0.717, 1.165) is 6.42 Å². The van der Waals surface area contributed by atoms with E-state index in [0.29, 0.717) is 13.1 Å². The number of carbonyl (C=O) groups excluding carboxylic acids is 2. The minimum atomic E-state index is -0.557. The topological polar surface area (TPSA) is 58.2 Å². The number of nitrogens with one attached hydrogen (secondary N) is 2. The van der Waals surface area contributed by atoms with Gasteiger partial charge in [-0.25, -0.2) is 0 Å². The van der Waals surface area contributed by atoms with Crippen LogP contribution in [0.4, 0.5) is 0 Å². The Labute approximate surface area is 124 Å². The molecular weight excluding hydrogens is 272 g/mol. The highest BCUT2D eigenvalue weighted by Crippen LogP contribution is 2.35. The molecule has 2 amide bonds. The molecule has 1 aromatic rings. The van der Waals surface area contributed by atoms with Crippen LogP contribution in [0.15, 0.2) is 17.5 Å². The SMILES string of the molecule is CC(C)(C)[C@H]1CNC(=O)[C@@H]1C(=O)NCCc1cccs1. The maximum atomic E-state index is 12.3. The lowest BCUT2D eigenvalue weighted by molar-refractivity contribution is -0.135. The highest BCUT2D eigenvalue weighted by Gasteiger charge is 2.45. The van der Waals surface area contributed by atoms with Crippen molar-refractivity contribution in [3.05, 3.63) is 22.4 Å². The Hall–Kier alpha value is -1.36. The first-order chi connectivity index (χ1) is 9.39. The van der Waals surface area contributed by atoms with Crippen LogP contribution >= 0.6 is 11.3 Å². The Kier molecular flexibility index (Phi) is 4.48. The quantitative estimate of drug-likeness (QED) is 0.832. The number of hydrogen-bond acceptors (Lipinski definition) is 3. The van der Waals surface area contributed by atoms with E-state index in [-0.39, 0.29) is 23.1 Å². The van der Waals surface area contributed by atoms with Crippen LogP contribution in [-0.2, 0) is 16.0 Å². The van der Waals surface area contributed by atoms with Gasteiger partial charge in [0.25, 0.3) is 0 Å². The fraction of sp³-hybridized carbons (Fsp3) is 0.600. The van der Waals surface area contributed by atoms with Gasteiger partial charge in [-0.1, -0.05) is 26.8 Å². The van der Waals surface area contributed by atoms with Gasteiger partial charge in [-0.15, -0.1) is 11.3 Å². The van der Waals surface area contributed by atoms with Gasteiger partial charge in [0.1, 0.15) is 5.92 Å².